The van der Waals surface area contributed by atoms with Crippen LogP contribution in [0, 0.1) is 6.92 Å². The van der Waals surface area contributed by atoms with E-state index in [-0.39, 0.29) is 11.8 Å². The maximum absolute atomic E-state index is 12.6. The van der Waals surface area contributed by atoms with Crippen LogP contribution < -0.4 is 5.32 Å². The molecule has 1 aliphatic rings. The molecular formula is C20H25N5O2. The van der Waals surface area contributed by atoms with Crippen molar-refractivity contribution in [2.75, 3.05) is 31.5 Å². The van der Waals surface area contributed by atoms with Gasteiger partial charge in [0.25, 0.3) is 5.91 Å². The van der Waals surface area contributed by atoms with Gasteiger partial charge in [-0.05, 0) is 24.5 Å². The van der Waals surface area contributed by atoms with Gasteiger partial charge in [0, 0.05) is 38.8 Å². The molecule has 2 heterocycles. The van der Waals surface area contributed by atoms with Crippen LogP contribution in [0.5, 0.6) is 0 Å². The van der Waals surface area contributed by atoms with Crippen molar-refractivity contribution in [3.05, 3.63) is 47.4 Å². The normalized spacial score (nSPS) is 14.2. The van der Waals surface area contributed by atoms with Gasteiger partial charge in [0.05, 0.1) is 12.4 Å². The zero-order valence-corrected chi connectivity index (χ0v) is 16.0. The first kappa shape index (κ1) is 18.8. The third-order valence-corrected chi connectivity index (χ3v) is 4.88. The highest BCUT2D eigenvalue weighted by molar-refractivity contribution is 5.92. The van der Waals surface area contributed by atoms with Crippen LogP contribution in [0.4, 0.5) is 11.5 Å². The number of benzene rings is 1. The molecule has 7 nitrogen and oxygen atoms in total. The molecule has 0 bridgehead atoms. The van der Waals surface area contributed by atoms with E-state index >= 15 is 0 Å². The van der Waals surface area contributed by atoms with Crippen LogP contribution in [-0.4, -0.2) is 57.8 Å². The van der Waals surface area contributed by atoms with Crippen molar-refractivity contribution in [3.63, 3.8) is 0 Å². The minimum absolute atomic E-state index is 0.0416. The number of carbonyl (C=O) groups is 2. The Kier molecular flexibility index (Phi) is 5.69. The zero-order chi connectivity index (χ0) is 19.4. The maximum atomic E-state index is 12.6. The Morgan fingerprint density at radius 2 is 1.78 bits per heavy atom. The van der Waals surface area contributed by atoms with Crippen LogP contribution in [0.25, 0.3) is 0 Å². The number of hydrogen-bond donors (Lipinski definition) is 1. The number of aromatic nitrogens is 2. The van der Waals surface area contributed by atoms with E-state index in [4.69, 9.17) is 0 Å². The van der Waals surface area contributed by atoms with Gasteiger partial charge in [-0.25, -0.2) is 9.97 Å². The van der Waals surface area contributed by atoms with Gasteiger partial charge in [-0.1, -0.05) is 25.1 Å². The highest BCUT2D eigenvalue weighted by Crippen LogP contribution is 2.24. The summed E-state index contributed by atoms with van der Waals surface area (Å²) in [5.74, 6) is 0.499. The van der Waals surface area contributed by atoms with E-state index in [0.717, 1.165) is 17.7 Å². The van der Waals surface area contributed by atoms with Gasteiger partial charge in [0.1, 0.15) is 11.5 Å². The second-order valence-electron chi connectivity index (χ2n) is 6.67. The van der Waals surface area contributed by atoms with E-state index < -0.39 is 0 Å². The third-order valence-electron chi connectivity index (χ3n) is 4.88. The van der Waals surface area contributed by atoms with Crippen LogP contribution in [0.3, 0.4) is 0 Å². The molecule has 0 saturated carbocycles. The Balaban J connectivity index is 1.67. The number of nitrogens with zero attached hydrogens (tertiary/aromatic N) is 4. The lowest BCUT2D eigenvalue weighted by Crippen LogP contribution is -2.50. The molecule has 0 radical (unpaired) electrons. The molecule has 1 aromatic carbocycles. The first-order chi connectivity index (χ1) is 13.0. The number of nitrogens with one attached hydrogen (secondary N) is 1. The topological polar surface area (TPSA) is 78.4 Å². The molecule has 2 aromatic rings. The Morgan fingerprint density at radius 1 is 1.07 bits per heavy atom. The fraction of sp³-hybridized carbons (Fsp3) is 0.400. The molecule has 1 fully saturated rings. The van der Waals surface area contributed by atoms with Gasteiger partial charge in [-0.3, -0.25) is 9.59 Å². The van der Waals surface area contributed by atoms with E-state index in [1.807, 2.05) is 19.1 Å². The van der Waals surface area contributed by atoms with E-state index in [0.29, 0.717) is 37.7 Å². The van der Waals surface area contributed by atoms with Crippen LogP contribution in [0.2, 0.25) is 0 Å². The zero-order valence-electron chi connectivity index (χ0n) is 16.0. The van der Waals surface area contributed by atoms with Crippen molar-refractivity contribution in [1.29, 1.82) is 0 Å². The van der Waals surface area contributed by atoms with Gasteiger partial charge in [0.15, 0.2) is 0 Å². The van der Waals surface area contributed by atoms with Gasteiger partial charge in [-0.15, -0.1) is 0 Å². The molecule has 142 valence electrons. The fourth-order valence-corrected chi connectivity index (χ4v) is 3.22. The van der Waals surface area contributed by atoms with E-state index in [2.05, 4.69) is 28.3 Å². The summed E-state index contributed by atoms with van der Waals surface area (Å²) in [6, 6.07) is 6.17. The average Bonchev–Trinajstić information content (AvgIpc) is 2.69. The number of anilines is 2. The summed E-state index contributed by atoms with van der Waals surface area (Å²) >= 11 is 0. The smallest absolute Gasteiger partial charge is 0.274 e. The minimum atomic E-state index is -0.151. The molecule has 1 aliphatic heterocycles. The summed E-state index contributed by atoms with van der Waals surface area (Å²) in [5.41, 5.74) is 3.70. The predicted molar refractivity (Wildman–Crippen MR) is 104 cm³/mol. The first-order valence-electron chi connectivity index (χ1n) is 9.22. The highest BCUT2D eigenvalue weighted by atomic mass is 16.2. The molecule has 27 heavy (non-hydrogen) atoms. The van der Waals surface area contributed by atoms with Crippen LogP contribution in [0.1, 0.15) is 35.5 Å². The second-order valence-corrected chi connectivity index (χ2v) is 6.67. The first-order valence-corrected chi connectivity index (χ1v) is 9.22. The van der Waals surface area contributed by atoms with Crippen molar-refractivity contribution in [3.8, 4) is 0 Å². The standard InChI is InChI=1S/C20H25N5O2/c1-4-16-7-5-6-14(2)19(16)23-18-13-21-17(12-22-18)20(27)25-10-8-24(9-11-25)15(3)26/h5-7,12-13H,4,8-11H2,1-3H3,(H,22,23). The average molecular weight is 367 g/mol. The molecule has 2 amide bonds. The SMILES string of the molecule is CCc1cccc(C)c1Nc1cnc(C(=O)N2CCN(C(C)=O)CC2)cn1. The Hall–Kier alpha value is -2.96. The van der Waals surface area contributed by atoms with Gasteiger partial charge in [0.2, 0.25) is 5.91 Å². The van der Waals surface area contributed by atoms with Crippen molar-refractivity contribution in [1.82, 2.24) is 19.8 Å². The summed E-state index contributed by atoms with van der Waals surface area (Å²) in [5, 5.41) is 3.31. The molecule has 7 heteroatoms. The molecule has 1 aromatic heterocycles. The maximum Gasteiger partial charge on any atom is 0.274 e. The number of carbonyl (C=O) groups excluding carboxylic acids is 2. The van der Waals surface area contributed by atoms with Crippen molar-refractivity contribution < 1.29 is 9.59 Å². The molecule has 1 N–H and O–H groups in total. The number of piperazine rings is 1. The summed E-state index contributed by atoms with van der Waals surface area (Å²) < 4.78 is 0. The Labute approximate surface area is 159 Å². The van der Waals surface area contributed by atoms with Crippen molar-refractivity contribution in [2.24, 2.45) is 0 Å². The monoisotopic (exact) mass is 367 g/mol. The number of rotatable bonds is 4. The molecule has 0 unspecified atom stereocenters. The third kappa shape index (κ3) is 4.24. The number of para-hydroxylation sites is 1. The molecule has 0 spiro atoms. The van der Waals surface area contributed by atoms with Crippen LogP contribution >= 0.6 is 0 Å². The molecular weight excluding hydrogens is 342 g/mol. The second kappa shape index (κ2) is 8.16. The molecule has 0 aliphatic carbocycles. The van der Waals surface area contributed by atoms with E-state index in [1.54, 1.807) is 22.9 Å². The fourth-order valence-electron chi connectivity index (χ4n) is 3.22. The lowest BCUT2D eigenvalue weighted by molar-refractivity contribution is -0.130. The van der Waals surface area contributed by atoms with Gasteiger partial charge in [-0.2, -0.15) is 0 Å². The summed E-state index contributed by atoms with van der Waals surface area (Å²) in [7, 11) is 0. The quantitative estimate of drug-likeness (QED) is 0.898. The number of aryl methyl sites for hydroxylation is 2. The molecule has 3 rings (SSSR count). The van der Waals surface area contributed by atoms with Crippen LogP contribution in [0.15, 0.2) is 30.6 Å². The highest BCUT2D eigenvalue weighted by Gasteiger charge is 2.24. The lowest BCUT2D eigenvalue weighted by atomic mass is 10.1. The van der Waals surface area contributed by atoms with Gasteiger partial charge < -0.3 is 15.1 Å². The summed E-state index contributed by atoms with van der Waals surface area (Å²) in [6.45, 7) is 7.86. The van der Waals surface area contributed by atoms with Crippen molar-refractivity contribution >= 4 is 23.3 Å². The number of amides is 2. The Morgan fingerprint density at radius 3 is 2.37 bits per heavy atom. The Bertz CT molecular complexity index is 827. The van der Waals surface area contributed by atoms with Crippen LogP contribution in [-0.2, 0) is 11.2 Å². The summed E-state index contributed by atoms with van der Waals surface area (Å²) in [4.78, 5) is 36.1. The van der Waals surface area contributed by atoms with E-state index in [1.165, 1.54) is 11.8 Å². The minimum Gasteiger partial charge on any atom is -0.339 e. The molecule has 1 saturated heterocycles. The number of hydrogen-bond acceptors (Lipinski definition) is 5. The van der Waals surface area contributed by atoms with E-state index in [9.17, 15) is 9.59 Å². The van der Waals surface area contributed by atoms with Crippen molar-refractivity contribution in [2.45, 2.75) is 27.2 Å². The molecule has 0 atom stereocenters. The summed E-state index contributed by atoms with van der Waals surface area (Å²) in [6.07, 6.45) is 4.01. The predicted octanol–water partition coefficient (Wildman–Crippen LogP) is 2.40. The largest absolute Gasteiger partial charge is 0.339 e. The van der Waals surface area contributed by atoms with Gasteiger partial charge >= 0.3 is 0 Å². The lowest BCUT2D eigenvalue weighted by Gasteiger charge is -2.33.